The Bertz CT molecular complexity index is 2180. The van der Waals surface area contributed by atoms with Gasteiger partial charge in [0.2, 0.25) is 0 Å². The Labute approximate surface area is 347 Å². The fraction of sp³-hybridized carbons (Fsp3) is 0.457. The number of fused-ring (bicyclic) bond motifs is 5. The summed E-state index contributed by atoms with van der Waals surface area (Å²) < 4.78 is 30.5. The number of ketones is 1. The Morgan fingerprint density at radius 1 is 0.883 bits per heavy atom. The Morgan fingerprint density at radius 2 is 1.47 bits per heavy atom. The van der Waals surface area contributed by atoms with Crippen LogP contribution in [0.4, 0.5) is 0 Å². The van der Waals surface area contributed by atoms with E-state index in [1.807, 2.05) is 0 Å². The van der Waals surface area contributed by atoms with Crippen LogP contribution in [0, 0.1) is 16.7 Å². The van der Waals surface area contributed by atoms with Crippen LogP contribution in [-0.2, 0) is 38.1 Å². The zero-order valence-electron chi connectivity index (χ0n) is 34.3. The summed E-state index contributed by atoms with van der Waals surface area (Å²) in [5.41, 5.74) is -6.01. The van der Waals surface area contributed by atoms with Gasteiger partial charge in [-0.05, 0) is 54.8 Å². The second kappa shape index (κ2) is 16.0. The molecule has 4 aliphatic rings. The summed E-state index contributed by atoms with van der Waals surface area (Å²) in [5.74, 6) is -5.42. The zero-order chi connectivity index (χ0) is 43.4. The van der Waals surface area contributed by atoms with E-state index in [4.69, 9.17) is 23.7 Å². The largest absolute Gasteiger partial charge is 0.456 e. The highest BCUT2D eigenvalue weighted by molar-refractivity contribution is 5.95. The summed E-state index contributed by atoms with van der Waals surface area (Å²) in [6, 6.07) is 23.3. The number of Topliss-reactive ketones (excluding diaryl/α,β-unsaturated/α-hetero) is 1. The first-order valence-electron chi connectivity index (χ1n) is 20.0. The van der Waals surface area contributed by atoms with Crippen LogP contribution < -0.4 is 5.32 Å². The number of methoxy groups -OCH3 is 1. The molecule has 318 valence electrons. The maximum Gasteiger partial charge on any atom is 0.338 e. The molecule has 3 aromatic carbocycles. The lowest BCUT2D eigenvalue weighted by Gasteiger charge is -2.67. The molecule has 14 heteroatoms. The number of aliphatic hydroxyl groups excluding tert-OH is 2. The van der Waals surface area contributed by atoms with Crippen molar-refractivity contribution in [3.63, 3.8) is 0 Å². The number of benzene rings is 3. The lowest BCUT2D eigenvalue weighted by Crippen LogP contribution is -2.81. The molecular weight excluding hydrogens is 774 g/mol. The van der Waals surface area contributed by atoms with Gasteiger partial charge in [-0.3, -0.25) is 14.4 Å². The SMILES string of the molecule is CO[C@H]1C(=O)[C@@]2(C)C(C(OC(=O)c3ccccc3)[C@]3(O)C[C@H](OC(=O)[C@H](O)[C@@H](NC(=O)c4ccccc4)c4ccccc4)C(C)=C1C3(C)C)[C@]1(OC(C)=O)CO[C@@H]1C[C@@H]2O. The van der Waals surface area contributed by atoms with E-state index in [-0.39, 0.29) is 29.7 Å². The molecule has 0 spiro atoms. The van der Waals surface area contributed by atoms with E-state index in [2.05, 4.69) is 5.32 Å². The van der Waals surface area contributed by atoms with Gasteiger partial charge in [0.15, 0.2) is 17.5 Å². The lowest BCUT2D eigenvalue weighted by atomic mass is 9.44. The molecule has 1 aliphatic heterocycles. The van der Waals surface area contributed by atoms with Gasteiger partial charge in [-0.2, -0.15) is 0 Å². The van der Waals surface area contributed by atoms with Crippen molar-refractivity contribution in [2.24, 2.45) is 16.7 Å². The van der Waals surface area contributed by atoms with Crippen molar-refractivity contribution in [2.45, 2.75) is 101 Å². The molecule has 60 heavy (non-hydrogen) atoms. The van der Waals surface area contributed by atoms with Gasteiger partial charge in [0.05, 0.1) is 35.6 Å². The molecule has 1 heterocycles. The van der Waals surface area contributed by atoms with E-state index in [1.165, 1.54) is 33.1 Å². The van der Waals surface area contributed by atoms with E-state index in [1.54, 1.807) is 99.6 Å². The van der Waals surface area contributed by atoms with Gasteiger partial charge >= 0.3 is 17.9 Å². The maximum absolute atomic E-state index is 15.3. The highest BCUT2D eigenvalue weighted by Crippen LogP contribution is 2.64. The van der Waals surface area contributed by atoms with Gasteiger partial charge in [-0.1, -0.05) is 80.6 Å². The maximum atomic E-state index is 15.3. The molecule has 3 aliphatic carbocycles. The Kier molecular flexibility index (Phi) is 11.4. The van der Waals surface area contributed by atoms with Gasteiger partial charge < -0.3 is 44.3 Å². The predicted molar refractivity (Wildman–Crippen MR) is 213 cm³/mol. The van der Waals surface area contributed by atoms with E-state index in [9.17, 15) is 34.5 Å². The summed E-state index contributed by atoms with van der Waals surface area (Å²) in [7, 11) is 1.30. The summed E-state index contributed by atoms with van der Waals surface area (Å²) in [6.45, 7) is 7.37. The second-order valence-electron chi connectivity index (χ2n) is 17.0. The molecule has 0 radical (unpaired) electrons. The van der Waals surface area contributed by atoms with Crippen LogP contribution in [0.5, 0.6) is 0 Å². The number of ether oxygens (including phenoxy) is 5. The lowest BCUT2D eigenvalue weighted by molar-refractivity contribution is -0.346. The normalized spacial score (nSPS) is 32.6. The van der Waals surface area contributed by atoms with E-state index < -0.39 is 107 Å². The van der Waals surface area contributed by atoms with Gasteiger partial charge in [0, 0.05) is 37.9 Å². The number of esters is 3. The minimum atomic E-state index is -2.27. The molecule has 3 fully saturated rings. The number of nitrogens with one attached hydrogen (secondary N) is 1. The number of carbonyl (C=O) groups excluding carboxylic acids is 5. The van der Waals surface area contributed by atoms with Crippen LogP contribution in [0.2, 0.25) is 0 Å². The smallest absolute Gasteiger partial charge is 0.338 e. The first kappa shape index (κ1) is 42.9. The van der Waals surface area contributed by atoms with Crippen molar-refractivity contribution in [1.82, 2.24) is 5.32 Å². The van der Waals surface area contributed by atoms with Crippen molar-refractivity contribution >= 4 is 29.6 Å². The summed E-state index contributed by atoms with van der Waals surface area (Å²) in [5, 5.41) is 40.1. The van der Waals surface area contributed by atoms with Crippen LogP contribution in [0.3, 0.4) is 0 Å². The Morgan fingerprint density at radius 3 is 2.02 bits per heavy atom. The number of aliphatic hydroxyl groups is 3. The fourth-order valence-corrected chi connectivity index (χ4v) is 10.1. The van der Waals surface area contributed by atoms with Crippen molar-refractivity contribution < 1.29 is 63.0 Å². The highest BCUT2D eigenvalue weighted by Gasteiger charge is 2.78. The average molecular weight is 826 g/mol. The van der Waals surface area contributed by atoms with Gasteiger partial charge in [0.25, 0.3) is 5.91 Å². The highest BCUT2D eigenvalue weighted by atomic mass is 16.6. The third-order valence-corrected chi connectivity index (χ3v) is 13.4. The first-order valence-corrected chi connectivity index (χ1v) is 20.0. The third kappa shape index (κ3) is 6.84. The molecule has 1 saturated heterocycles. The molecule has 11 atom stereocenters. The number of hydrogen-bond acceptors (Lipinski definition) is 13. The average Bonchev–Trinajstić information content (AvgIpc) is 3.23. The number of rotatable bonds is 10. The summed E-state index contributed by atoms with van der Waals surface area (Å²) in [6.07, 6.45) is -9.51. The standard InChI is InChI=1S/C46H51NO13/c1-25-30(58-42(54)35(50)34(27-16-10-7-11-17-27)47-40(52)28-18-12-8-13-19-28)23-46(55)39(59-41(53)29-20-14-9-15-21-29)37-44(5,38(51)36(56-6)33(25)43(46,3)4)31(49)22-32-45(37,24-57-32)60-26(2)48/h7-21,30-32,34-37,39,49-50,55H,22-24H2,1-6H3,(H,47,52)/t30-,31-,32+,34-,35+,36+,37?,39?,44+,45-,46+/m0/s1. The van der Waals surface area contributed by atoms with E-state index in [0.29, 0.717) is 11.1 Å². The topological polar surface area (TPSA) is 204 Å². The van der Waals surface area contributed by atoms with E-state index >= 15 is 4.79 Å². The molecule has 14 nitrogen and oxygen atoms in total. The zero-order valence-corrected chi connectivity index (χ0v) is 34.3. The third-order valence-electron chi connectivity index (χ3n) is 13.4. The van der Waals surface area contributed by atoms with Crippen molar-refractivity contribution in [1.29, 1.82) is 0 Å². The number of amides is 1. The first-order chi connectivity index (χ1) is 28.4. The minimum Gasteiger partial charge on any atom is -0.456 e. The number of carbonyl (C=O) groups is 5. The van der Waals surface area contributed by atoms with Gasteiger partial charge in [-0.15, -0.1) is 0 Å². The Balaban J connectivity index is 1.36. The van der Waals surface area contributed by atoms with Gasteiger partial charge in [-0.25, -0.2) is 9.59 Å². The molecule has 7 rings (SSSR count). The minimum absolute atomic E-state index is 0.112. The molecule has 2 bridgehead atoms. The fourth-order valence-electron chi connectivity index (χ4n) is 10.1. The van der Waals surface area contributed by atoms with Crippen LogP contribution in [0.15, 0.2) is 102 Å². The Hall–Kier alpha value is -5.25. The van der Waals surface area contributed by atoms with Crippen LogP contribution >= 0.6 is 0 Å². The van der Waals surface area contributed by atoms with Crippen LogP contribution in [0.1, 0.15) is 79.8 Å². The second-order valence-corrected chi connectivity index (χ2v) is 17.0. The molecule has 3 aromatic rings. The van der Waals surface area contributed by atoms with Gasteiger partial charge in [0.1, 0.15) is 30.0 Å². The monoisotopic (exact) mass is 825 g/mol. The predicted octanol–water partition coefficient (Wildman–Crippen LogP) is 3.82. The molecular formula is C46H51NO13. The quantitative estimate of drug-likeness (QED) is 0.131. The molecule has 2 unspecified atom stereocenters. The number of hydrogen-bond donors (Lipinski definition) is 4. The van der Waals surface area contributed by atoms with Crippen LogP contribution in [-0.4, -0.2) is 106 Å². The van der Waals surface area contributed by atoms with Crippen molar-refractivity contribution in [3.8, 4) is 0 Å². The van der Waals surface area contributed by atoms with E-state index in [0.717, 1.165) is 0 Å². The van der Waals surface area contributed by atoms with Crippen molar-refractivity contribution in [3.05, 3.63) is 119 Å². The summed E-state index contributed by atoms with van der Waals surface area (Å²) >= 11 is 0. The summed E-state index contributed by atoms with van der Waals surface area (Å²) in [4.78, 5) is 70.2. The van der Waals surface area contributed by atoms with Crippen LogP contribution in [0.25, 0.3) is 0 Å². The molecule has 4 N–H and O–H groups in total. The van der Waals surface area contributed by atoms with Crippen molar-refractivity contribution in [2.75, 3.05) is 13.7 Å². The molecule has 0 aromatic heterocycles. The molecule has 1 amide bonds. The molecule has 2 saturated carbocycles.